The second kappa shape index (κ2) is 5.48. The van der Waals surface area contributed by atoms with Gasteiger partial charge in [0.05, 0.1) is 12.9 Å². The highest BCUT2D eigenvalue weighted by molar-refractivity contribution is 8.01. The molecule has 0 radical (unpaired) electrons. The minimum absolute atomic E-state index is 0.660. The zero-order chi connectivity index (χ0) is 11.4. The van der Waals surface area contributed by atoms with E-state index in [9.17, 15) is 0 Å². The Labute approximate surface area is 104 Å². The van der Waals surface area contributed by atoms with Crippen molar-refractivity contribution in [2.45, 2.75) is 62.9 Å². The first-order valence-electron chi connectivity index (χ1n) is 6.69. The van der Waals surface area contributed by atoms with Gasteiger partial charge in [-0.1, -0.05) is 13.0 Å². The molecule has 3 atom stereocenters. The molecule has 3 unspecified atom stereocenters. The molecule has 92 valence electrons. The van der Waals surface area contributed by atoms with E-state index in [1.807, 2.05) is 19.3 Å². The molecule has 2 heterocycles. The van der Waals surface area contributed by atoms with Gasteiger partial charge in [0, 0.05) is 10.5 Å². The molecule has 2 bridgehead atoms. The largest absolute Gasteiger partial charge is 0.502 e. The Bertz CT molecular complexity index is 251. The molecule has 0 amide bonds. The first-order chi connectivity index (χ1) is 7.80. The van der Waals surface area contributed by atoms with Crippen LogP contribution in [0.25, 0.3) is 0 Å². The molecule has 0 aromatic carbocycles. The molecule has 0 aromatic heterocycles. The average Bonchev–Trinajstić information content (AvgIpc) is 2.89. The lowest BCUT2D eigenvalue weighted by Crippen LogP contribution is -2.31. The molecule has 16 heavy (non-hydrogen) atoms. The predicted molar refractivity (Wildman–Crippen MR) is 71.7 cm³/mol. The highest BCUT2D eigenvalue weighted by Gasteiger charge is 2.49. The lowest BCUT2D eigenvalue weighted by Gasteiger charge is -2.36. The Morgan fingerprint density at radius 2 is 2.31 bits per heavy atom. The highest BCUT2D eigenvalue weighted by Crippen LogP contribution is 2.59. The van der Waals surface area contributed by atoms with Crippen molar-refractivity contribution < 1.29 is 4.74 Å². The fourth-order valence-corrected chi connectivity index (χ4v) is 5.48. The Balaban J connectivity index is 1.77. The lowest BCUT2D eigenvalue weighted by atomic mass is 9.69. The summed E-state index contributed by atoms with van der Waals surface area (Å²) >= 11 is 2.28. The predicted octanol–water partition coefficient (Wildman–Crippen LogP) is 4.38. The molecule has 2 heteroatoms. The van der Waals surface area contributed by atoms with Gasteiger partial charge in [0.25, 0.3) is 0 Å². The molecule has 2 rings (SSSR count). The van der Waals surface area contributed by atoms with Crippen molar-refractivity contribution in [2.75, 3.05) is 6.61 Å². The lowest BCUT2D eigenvalue weighted by molar-refractivity contribution is 0.165. The third-order valence-electron chi connectivity index (χ3n) is 4.30. The summed E-state index contributed by atoms with van der Waals surface area (Å²) in [4.78, 5) is 0. The molecule has 0 saturated carbocycles. The van der Waals surface area contributed by atoms with E-state index in [1.165, 1.54) is 38.5 Å². The first kappa shape index (κ1) is 12.3. The molecule has 0 aromatic rings. The molecule has 1 nitrogen and oxygen atoms in total. The van der Waals surface area contributed by atoms with Crippen molar-refractivity contribution in [1.82, 2.24) is 0 Å². The fourth-order valence-electron chi connectivity index (χ4n) is 3.37. The van der Waals surface area contributed by atoms with Crippen LogP contribution in [0.3, 0.4) is 0 Å². The van der Waals surface area contributed by atoms with E-state index in [-0.39, 0.29) is 0 Å². The van der Waals surface area contributed by atoms with Crippen LogP contribution in [0.5, 0.6) is 0 Å². The molecule has 0 N–H and O–H groups in total. The highest BCUT2D eigenvalue weighted by atomic mass is 32.2. The number of rotatable bonds is 6. The molecule has 0 aliphatic carbocycles. The van der Waals surface area contributed by atoms with E-state index in [0.717, 1.165) is 17.1 Å². The number of hydrogen-bond donors (Lipinski definition) is 0. The van der Waals surface area contributed by atoms with Crippen molar-refractivity contribution >= 4 is 11.8 Å². The van der Waals surface area contributed by atoms with Crippen LogP contribution in [0.15, 0.2) is 12.3 Å². The van der Waals surface area contributed by atoms with Gasteiger partial charge in [0.2, 0.25) is 0 Å². The van der Waals surface area contributed by atoms with Gasteiger partial charge < -0.3 is 4.74 Å². The van der Waals surface area contributed by atoms with Crippen molar-refractivity contribution in [3.63, 3.8) is 0 Å². The minimum atomic E-state index is 0.660. The smallest absolute Gasteiger partial charge is 0.0873 e. The molecule has 2 aliphatic heterocycles. The maximum Gasteiger partial charge on any atom is 0.0873 e. The molecule has 2 fully saturated rings. The Kier molecular flexibility index (Phi) is 4.23. The number of fused-ring (bicyclic) bond motifs is 2. The number of thioether (sulfide) groups is 1. The molecule has 2 saturated heterocycles. The molecular weight excluding hydrogens is 216 g/mol. The quantitative estimate of drug-likeness (QED) is 0.503. The van der Waals surface area contributed by atoms with Crippen molar-refractivity contribution in [1.29, 1.82) is 0 Å². The monoisotopic (exact) mass is 240 g/mol. The molecule has 0 spiro atoms. The Morgan fingerprint density at radius 1 is 1.44 bits per heavy atom. The van der Waals surface area contributed by atoms with Crippen molar-refractivity contribution in [2.24, 2.45) is 5.41 Å². The second-order valence-corrected chi connectivity index (χ2v) is 6.70. The third kappa shape index (κ3) is 2.42. The van der Waals surface area contributed by atoms with E-state index in [2.05, 4.69) is 18.7 Å². The second-order valence-electron chi connectivity index (χ2n) is 5.19. The van der Waals surface area contributed by atoms with Crippen LogP contribution in [0.4, 0.5) is 0 Å². The minimum Gasteiger partial charge on any atom is -0.502 e. The van der Waals surface area contributed by atoms with E-state index in [4.69, 9.17) is 4.74 Å². The zero-order valence-electron chi connectivity index (χ0n) is 10.6. The van der Waals surface area contributed by atoms with Crippen LogP contribution in [0, 0.1) is 5.41 Å². The van der Waals surface area contributed by atoms with Gasteiger partial charge in [-0.15, -0.1) is 0 Å². The summed E-state index contributed by atoms with van der Waals surface area (Å²) in [6.07, 6.45) is 12.2. The summed E-state index contributed by atoms with van der Waals surface area (Å²) in [5.41, 5.74) is 0.660. The van der Waals surface area contributed by atoms with Gasteiger partial charge in [0.15, 0.2) is 0 Å². The van der Waals surface area contributed by atoms with E-state index in [1.54, 1.807) is 0 Å². The van der Waals surface area contributed by atoms with E-state index < -0.39 is 0 Å². The van der Waals surface area contributed by atoms with Gasteiger partial charge in [-0.2, -0.15) is 11.8 Å². The molecule has 2 aliphatic rings. The van der Waals surface area contributed by atoms with Crippen LogP contribution < -0.4 is 0 Å². The maximum absolute atomic E-state index is 5.42. The Hall–Kier alpha value is -0.110. The number of ether oxygens (including phenoxy) is 1. The fraction of sp³-hybridized carbons (Fsp3) is 0.857. The zero-order valence-corrected chi connectivity index (χ0v) is 11.4. The third-order valence-corrected chi connectivity index (χ3v) is 6.15. The first-order valence-corrected chi connectivity index (χ1v) is 7.63. The topological polar surface area (TPSA) is 9.23 Å². The van der Waals surface area contributed by atoms with Crippen LogP contribution in [0.2, 0.25) is 0 Å². The van der Waals surface area contributed by atoms with Gasteiger partial charge in [0.1, 0.15) is 0 Å². The summed E-state index contributed by atoms with van der Waals surface area (Å²) in [6.45, 7) is 5.28. The summed E-state index contributed by atoms with van der Waals surface area (Å²) < 4.78 is 5.42. The summed E-state index contributed by atoms with van der Waals surface area (Å²) in [7, 11) is 0. The van der Waals surface area contributed by atoms with Gasteiger partial charge in [-0.3, -0.25) is 0 Å². The van der Waals surface area contributed by atoms with Crippen LogP contribution in [0.1, 0.15) is 52.4 Å². The van der Waals surface area contributed by atoms with Crippen LogP contribution >= 0.6 is 11.8 Å². The van der Waals surface area contributed by atoms with Gasteiger partial charge >= 0.3 is 0 Å². The SMILES string of the molecule is C/C=C/OCCCC1(CC)CC2CCC1S2. The van der Waals surface area contributed by atoms with Crippen LogP contribution in [-0.2, 0) is 4.74 Å². The molecular formula is C14H24OS. The summed E-state index contributed by atoms with van der Waals surface area (Å²) in [6, 6.07) is 0. The standard InChI is InChI=1S/C14H24OS/c1-3-9-15-10-5-8-14(4-2)11-12-6-7-13(14)16-12/h3,9,12-13H,4-8,10-11H2,1-2H3/b9-3+. The number of allylic oxidation sites excluding steroid dienone is 1. The Morgan fingerprint density at radius 3 is 2.88 bits per heavy atom. The maximum atomic E-state index is 5.42. The normalized spacial score (nSPS) is 37.4. The average molecular weight is 240 g/mol. The van der Waals surface area contributed by atoms with Gasteiger partial charge in [-0.25, -0.2) is 0 Å². The number of hydrogen-bond acceptors (Lipinski definition) is 2. The summed E-state index contributed by atoms with van der Waals surface area (Å²) in [5.74, 6) is 0. The summed E-state index contributed by atoms with van der Waals surface area (Å²) in [5, 5.41) is 1.95. The van der Waals surface area contributed by atoms with Gasteiger partial charge in [-0.05, 0) is 50.9 Å². The van der Waals surface area contributed by atoms with Crippen LogP contribution in [-0.4, -0.2) is 17.1 Å². The van der Waals surface area contributed by atoms with Crippen molar-refractivity contribution in [3.05, 3.63) is 12.3 Å². The van der Waals surface area contributed by atoms with Crippen molar-refractivity contribution in [3.8, 4) is 0 Å². The van der Waals surface area contributed by atoms with E-state index in [0.29, 0.717) is 5.41 Å². The van der Waals surface area contributed by atoms with E-state index >= 15 is 0 Å².